The highest BCUT2D eigenvalue weighted by molar-refractivity contribution is 7.92. The molecule has 0 radical (unpaired) electrons. The Labute approximate surface area is 182 Å². The fourth-order valence-electron chi connectivity index (χ4n) is 2.32. The van der Waals surface area contributed by atoms with Gasteiger partial charge in [0.05, 0.1) is 20.6 Å². The first kappa shape index (κ1) is 21.3. The van der Waals surface area contributed by atoms with Crippen molar-refractivity contribution in [3.63, 3.8) is 0 Å². The van der Waals surface area contributed by atoms with E-state index in [1.165, 1.54) is 42.5 Å². The highest BCUT2D eigenvalue weighted by Gasteiger charge is 2.15. The lowest BCUT2D eigenvalue weighted by molar-refractivity contribution is 0.601. The molecule has 0 aliphatic heterocycles. The van der Waals surface area contributed by atoms with Crippen molar-refractivity contribution in [1.29, 1.82) is 0 Å². The van der Waals surface area contributed by atoms with Crippen LogP contribution in [0.25, 0.3) is 0 Å². The molecule has 0 unspecified atom stereocenters. The minimum absolute atomic E-state index is 0.0616. The molecule has 10 heteroatoms. The number of rotatable bonds is 5. The Morgan fingerprint density at radius 3 is 1.86 bits per heavy atom. The summed E-state index contributed by atoms with van der Waals surface area (Å²) >= 11 is 16.9. The van der Waals surface area contributed by atoms with Crippen molar-refractivity contribution in [2.24, 2.45) is 0 Å². The molecule has 0 bridgehead atoms. The van der Waals surface area contributed by atoms with Crippen LogP contribution in [0.4, 0.5) is 21.5 Å². The van der Waals surface area contributed by atoms with Gasteiger partial charge in [-0.1, -0.05) is 23.2 Å². The normalized spacial score (nSPS) is 11.0. The van der Waals surface area contributed by atoms with E-state index in [9.17, 15) is 12.8 Å². The molecule has 0 fully saturated rings. The van der Waals surface area contributed by atoms with E-state index < -0.39 is 10.0 Å². The fourth-order valence-corrected chi connectivity index (χ4v) is 3.90. The van der Waals surface area contributed by atoms with E-state index >= 15 is 0 Å². The molecule has 0 atom stereocenters. The van der Waals surface area contributed by atoms with Gasteiger partial charge in [0.2, 0.25) is 0 Å². The van der Waals surface area contributed by atoms with E-state index in [1.54, 1.807) is 24.3 Å². The first-order valence-electron chi connectivity index (χ1n) is 8.14. The summed E-state index contributed by atoms with van der Waals surface area (Å²) in [4.78, 5) is 0.0616. The quantitative estimate of drug-likeness (QED) is 0.415. The molecule has 3 N–H and O–H groups in total. The van der Waals surface area contributed by atoms with Crippen LogP contribution in [0.2, 0.25) is 10.0 Å². The Morgan fingerprint density at radius 2 is 1.31 bits per heavy atom. The van der Waals surface area contributed by atoms with E-state index in [0.29, 0.717) is 22.1 Å². The maximum absolute atomic E-state index is 12.9. The van der Waals surface area contributed by atoms with Crippen molar-refractivity contribution in [3.05, 3.63) is 82.6 Å². The number of nitrogens with one attached hydrogen (secondary N) is 3. The Kier molecular flexibility index (Phi) is 6.59. The highest BCUT2D eigenvalue weighted by atomic mass is 35.5. The van der Waals surface area contributed by atoms with Gasteiger partial charge in [-0.05, 0) is 78.9 Å². The first-order valence-corrected chi connectivity index (χ1v) is 10.8. The van der Waals surface area contributed by atoms with Crippen LogP contribution >= 0.6 is 35.4 Å². The number of hydrogen-bond acceptors (Lipinski definition) is 3. The molecule has 0 aliphatic carbocycles. The van der Waals surface area contributed by atoms with E-state index in [-0.39, 0.29) is 20.8 Å². The molecule has 3 rings (SSSR count). The molecule has 0 saturated heterocycles. The van der Waals surface area contributed by atoms with E-state index in [2.05, 4.69) is 15.4 Å². The molecule has 0 aliphatic rings. The van der Waals surface area contributed by atoms with Gasteiger partial charge in [0.25, 0.3) is 10.0 Å². The predicted octanol–water partition coefficient (Wildman–Crippen LogP) is 5.74. The third kappa shape index (κ3) is 5.80. The third-order valence-electron chi connectivity index (χ3n) is 3.70. The van der Waals surface area contributed by atoms with Crippen LogP contribution in [-0.4, -0.2) is 13.5 Å². The average Bonchev–Trinajstić information content (AvgIpc) is 2.67. The number of halogens is 3. The zero-order valence-corrected chi connectivity index (χ0v) is 17.8. The monoisotopic (exact) mass is 469 g/mol. The van der Waals surface area contributed by atoms with Crippen molar-refractivity contribution >= 4 is 67.6 Å². The average molecular weight is 470 g/mol. The second kappa shape index (κ2) is 8.96. The molecule has 0 spiro atoms. The van der Waals surface area contributed by atoms with Gasteiger partial charge in [0, 0.05) is 11.4 Å². The number of anilines is 3. The number of sulfonamides is 1. The molecule has 0 amide bonds. The summed E-state index contributed by atoms with van der Waals surface area (Å²) in [6.07, 6.45) is 0. The molecule has 0 heterocycles. The summed E-state index contributed by atoms with van der Waals surface area (Å²) in [7, 11) is -3.80. The maximum Gasteiger partial charge on any atom is 0.261 e. The van der Waals surface area contributed by atoms with Crippen molar-refractivity contribution in [1.82, 2.24) is 0 Å². The standard InChI is InChI=1S/C19H14Cl2FN3O2S2/c20-17-10-7-15(11-18(17)21)25-29(26,27)16-8-5-14(6-9-16)24-19(28)23-13-3-1-12(22)2-4-13/h1-11,25H,(H2,23,24,28). The number of hydrogen-bond donors (Lipinski definition) is 3. The summed E-state index contributed by atoms with van der Waals surface area (Å²) in [6, 6.07) is 16.2. The van der Waals surface area contributed by atoms with Crippen molar-refractivity contribution in [2.45, 2.75) is 4.90 Å². The van der Waals surface area contributed by atoms with Crippen molar-refractivity contribution < 1.29 is 12.8 Å². The minimum Gasteiger partial charge on any atom is -0.332 e. The smallest absolute Gasteiger partial charge is 0.261 e. The molecule has 29 heavy (non-hydrogen) atoms. The molecular weight excluding hydrogens is 456 g/mol. The summed E-state index contributed by atoms with van der Waals surface area (Å²) in [5.74, 6) is -0.347. The summed E-state index contributed by atoms with van der Waals surface area (Å²) in [6.45, 7) is 0. The van der Waals surface area contributed by atoms with Crippen LogP contribution in [0.15, 0.2) is 71.6 Å². The highest BCUT2D eigenvalue weighted by Crippen LogP contribution is 2.26. The number of thiocarbonyl (C=S) groups is 1. The lowest BCUT2D eigenvalue weighted by Crippen LogP contribution is -2.19. The van der Waals surface area contributed by atoms with Gasteiger partial charge < -0.3 is 10.6 Å². The Morgan fingerprint density at radius 1 is 0.793 bits per heavy atom. The van der Waals surface area contributed by atoms with Crippen molar-refractivity contribution in [2.75, 3.05) is 15.4 Å². The van der Waals surface area contributed by atoms with Gasteiger partial charge in [-0.25, -0.2) is 12.8 Å². The van der Waals surface area contributed by atoms with Gasteiger partial charge in [-0.2, -0.15) is 0 Å². The first-order chi connectivity index (χ1) is 13.7. The second-order valence-electron chi connectivity index (χ2n) is 5.84. The zero-order chi connectivity index (χ0) is 21.0. The summed E-state index contributed by atoms with van der Waals surface area (Å²) < 4.78 is 40.4. The predicted molar refractivity (Wildman–Crippen MR) is 120 cm³/mol. The maximum atomic E-state index is 12.9. The molecular formula is C19H14Cl2FN3O2S2. The molecule has 0 aromatic heterocycles. The fraction of sp³-hybridized carbons (Fsp3) is 0. The Hall–Kier alpha value is -2.39. The van der Waals surface area contributed by atoms with Gasteiger partial charge in [-0.15, -0.1) is 0 Å². The van der Waals surface area contributed by atoms with E-state index in [4.69, 9.17) is 35.4 Å². The molecule has 3 aromatic carbocycles. The van der Waals surface area contributed by atoms with E-state index in [0.717, 1.165) is 0 Å². The SMILES string of the molecule is O=S(=O)(Nc1ccc(Cl)c(Cl)c1)c1ccc(NC(=S)Nc2ccc(F)cc2)cc1. The Bertz CT molecular complexity index is 1140. The van der Waals surface area contributed by atoms with Gasteiger partial charge in [-0.3, -0.25) is 4.72 Å². The largest absolute Gasteiger partial charge is 0.332 e. The topological polar surface area (TPSA) is 70.2 Å². The molecule has 0 saturated carbocycles. The van der Waals surface area contributed by atoms with Gasteiger partial charge in [0.1, 0.15) is 5.82 Å². The summed E-state index contributed by atoms with van der Waals surface area (Å²) in [5.41, 5.74) is 1.50. The molecule has 5 nitrogen and oxygen atoms in total. The lowest BCUT2D eigenvalue weighted by atomic mass is 10.3. The van der Waals surface area contributed by atoms with Crippen LogP contribution in [0.5, 0.6) is 0 Å². The van der Waals surface area contributed by atoms with Gasteiger partial charge in [0.15, 0.2) is 5.11 Å². The van der Waals surface area contributed by atoms with Crippen LogP contribution < -0.4 is 15.4 Å². The van der Waals surface area contributed by atoms with Crippen LogP contribution in [-0.2, 0) is 10.0 Å². The number of benzene rings is 3. The lowest BCUT2D eigenvalue weighted by Gasteiger charge is -2.12. The van der Waals surface area contributed by atoms with Crippen LogP contribution in [0, 0.1) is 5.82 Å². The van der Waals surface area contributed by atoms with Crippen LogP contribution in [0.3, 0.4) is 0 Å². The van der Waals surface area contributed by atoms with Crippen LogP contribution in [0.1, 0.15) is 0 Å². The minimum atomic E-state index is -3.80. The zero-order valence-electron chi connectivity index (χ0n) is 14.6. The Balaban J connectivity index is 1.66. The third-order valence-corrected chi connectivity index (χ3v) is 6.04. The summed E-state index contributed by atoms with van der Waals surface area (Å²) in [5, 5.41) is 6.68. The molecule has 150 valence electrons. The van der Waals surface area contributed by atoms with Gasteiger partial charge >= 0.3 is 0 Å². The second-order valence-corrected chi connectivity index (χ2v) is 8.75. The van der Waals surface area contributed by atoms with E-state index in [1.807, 2.05) is 0 Å². The van der Waals surface area contributed by atoms with Crippen molar-refractivity contribution in [3.8, 4) is 0 Å². The molecule has 3 aromatic rings.